The molecule has 0 aliphatic heterocycles. The van der Waals surface area contributed by atoms with Crippen LogP contribution in [0.4, 0.5) is 29.3 Å². The van der Waals surface area contributed by atoms with Crippen molar-refractivity contribution in [3.05, 3.63) is 59.7 Å². The molecular formula is C21H22F3N3O4. The molecule has 0 unspecified atom stereocenters. The third-order valence-corrected chi connectivity index (χ3v) is 3.67. The van der Waals surface area contributed by atoms with Gasteiger partial charge in [0.25, 0.3) is 5.91 Å². The summed E-state index contributed by atoms with van der Waals surface area (Å²) in [6.45, 7) is 4.68. The summed E-state index contributed by atoms with van der Waals surface area (Å²) >= 11 is 0. The quantitative estimate of drug-likeness (QED) is 0.645. The second-order valence-electron chi connectivity index (χ2n) is 7.48. The Balaban J connectivity index is 2.01. The Hall–Kier alpha value is -3.56. The van der Waals surface area contributed by atoms with Crippen molar-refractivity contribution in [3.63, 3.8) is 0 Å². The number of benzene rings is 2. The molecule has 31 heavy (non-hydrogen) atoms. The maximum Gasteiger partial charge on any atom is 0.417 e. The molecule has 0 saturated carbocycles. The fourth-order valence-corrected chi connectivity index (χ4v) is 2.47. The fraction of sp³-hybridized carbons (Fsp3) is 0.286. The molecule has 3 N–H and O–H groups in total. The van der Waals surface area contributed by atoms with Gasteiger partial charge in [0, 0.05) is 11.4 Å². The highest BCUT2D eigenvalue weighted by molar-refractivity contribution is 6.06. The summed E-state index contributed by atoms with van der Waals surface area (Å²) < 4.78 is 44.3. The summed E-state index contributed by atoms with van der Waals surface area (Å²) in [5, 5.41) is 7.19. The Morgan fingerprint density at radius 2 is 1.52 bits per heavy atom. The molecule has 0 bridgehead atoms. The van der Waals surface area contributed by atoms with Crippen molar-refractivity contribution >= 4 is 29.3 Å². The number of hydrogen-bond donors (Lipinski definition) is 3. The van der Waals surface area contributed by atoms with Crippen LogP contribution in [-0.2, 0) is 15.7 Å². The van der Waals surface area contributed by atoms with E-state index in [1.165, 1.54) is 36.4 Å². The maximum absolute atomic E-state index is 13.1. The molecule has 166 valence electrons. The van der Waals surface area contributed by atoms with Crippen LogP contribution in [0.15, 0.2) is 48.5 Å². The van der Waals surface area contributed by atoms with Crippen LogP contribution in [0.2, 0.25) is 0 Å². The summed E-state index contributed by atoms with van der Waals surface area (Å²) in [6.07, 6.45) is -5.43. The van der Waals surface area contributed by atoms with Crippen LogP contribution in [0.5, 0.6) is 0 Å². The highest BCUT2D eigenvalue weighted by atomic mass is 19.4. The normalized spacial score (nSPS) is 11.4. The second-order valence-corrected chi connectivity index (χ2v) is 7.48. The number of anilines is 2. The topological polar surface area (TPSA) is 96.5 Å². The van der Waals surface area contributed by atoms with Crippen molar-refractivity contribution in [3.8, 4) is 0 Å². The fourth-order valence-electron chi connectivity index (χ4n) is 2.47. The number of amides is 3. The molecule has 2 aromatic rings. The first-order chi connectivity index (χ1) is 14.3. The summed E-state index contributed by atoms with van der Waals surface area (Å²) in [4.78, 5) is 35.9. The molecule has 0 aromatic heterocycles. The number of halogens is 3. The number of hydrogen-bond acceptors (Lipinski definition) is 4. The zero-order valence-electron chi connectivity index (χ0n) is 17.1. The Morgan fingerprint density at radius 1 is 0.903 bits per heavy atom. The lowest BCUT2D eigenvalue weighted by Crippen LogP contribution is -2.37. The van der Waals surface area contributed by atoms with Crippen LogP contribution in [0.3, 0.4) is 0 Å². The van der Waals surface area contributed by atoms with E-state index in [0.29, 0.717) is 0 Å². The SMILES string of the molecule is CC(C)(C)OC(=O)NCC(=O)Nc1cccc(NC(=O)c2ccccc2C(F)(F)F)c1. The number of alkyl halides is 3. The number of rotatable bonds is 5. The molecule has 2 aromatic carbocycles. The molecule has 0 radical (unpaired) electrons. The average Bonchev–Trinajstić information content (AvgIpc) is 2.64. The van der Waals surface area contributed by atoms with Crippen LogP contribution in [0.1, 0.15) is 36.7 Å². The van der Waals surface area contributed by atoms with E-state index in [0.717, 1.165) is 12.1 Å². The van der Waals surface area contributed by atoms with Gasteiger partial charge >= 0.3 is 12.3 Å². The molecule has 3 amide bonds. The first-order valence-corrected chi connectivity index (χ1v) is 9.19. The molecule has 0 fully saturated rings. The number of alkyl carbamates (subject to hydrolysis) is 1. The monoisotopic (exact) mass is 437 g/mol. The largest absolute Gasteiger partial charge is 0.444 e. The van der Waals surface area contributed by atoms with Crippen LogP contribution in [0.25, 0.3) is 0 Å². The summed E-state index contributed by atoms with van der Waals surface area (Å²) in [7, 11) is 0. The van der Waals surface area contributed by atoms with E-state index in [9.17, 15) is 27.6 Å². The van der Waals surface area contributed by atoms with E-state index >= 15 is 0 Å². The minimum atomic E-state index is -4.68. The van der Waals surface area contributed by atoms with Gasteiger partial charge in [0.1, 0.15) is 12.1 Å². The standard InChI is InChI=1S/C21H22F3N3O4/c1-20(2,3)31-19(30)25-12-17(28)26-13-7-6-8-14(11-13)27-18(29)15-9-4-5-10-16(15)21(22,23)24/h4-11H,12H2,1-3H3,(H,25,30)(H,26,28)(H,27,29). The number of carbonyl (C=O) groups is 3. The lowest BCUT2D eigenvalue weighted by atomic mass is 10.1. The Kier molecular flexibility index (Phi) is 7.27. The molecule has 0 aliphatic rings. The van der Waals surface area contributed by atoms with Gasteiger partial charge in [0.05, 0.1) is 11.1 Å². The van der Waals surface area contributed by atoms with Gasteiger partial charge in [0.2, 0.25) is 5.91 Å². The van der Waals surface area contributed by atoms with Gasteiger partial charge in [-0.2, -0.15) is 13.2 Å². The minimum absolute atomic E-state index is 0.180. The van der Waals surface area contributed by atoms with Crippen LogP contribution in [-0.4, -0.2) is 30.1 Å². The Bertz CT molecular complexity index is 969. The van der Waals surface area contributed by atoms with Crippen molar-refractivity contribution in [1.82, 2.24) is 5.32 Å². The molecular weight excluding hydrogens is 415 g/mol. The predicted octanol–water partition coefficient (Wildman–Crippen LogP) is 4.42. The predicted molar refractivity (Wildman–Crippen MR) is 109 cm³/mol. The minimum Gasteiger partial charge on any atom is -0.444 e. The summed E-state index contributed by atoms with van der Waals surface area (Å²) in [6, 6.07) is 10.3. The van der Waals surface area contributed by atoms with E-state index in [1.54, 1.807) is 20.8 Å². The third kappa shape index (κ3) is 7.65. The van der Waals surface area contributed by atoms with Crippen molar-refractivity contribution in [1.29, 1.82) is 0 Å². The van der Waals surface area contributed by atoms with Crippen molar-refractivity contribution in [2.75, 3.05) is 17.2 Å². The van der Waals surface area contributed by atoms with Gasteiger partial charge < -0.3 is 20.7 Å². The first-order valence-electron chi connectivity index (χ1n) is 9.19. The zero-order valence-corrected chi connectivity index (χ0v) is 17.1. The molecule has 0 heterocycles. The highest BCUT2D eigenvalue weighted by Gasteiger charge is 2.34. The Morgan fingerprint density at radius 3 is 2.13 bits per heavy atom. The smallest absolute Gasteiger partial charge is 0.417 e. The zero-order chi connectivity index (χ0) is 23.2. The van der Waals surface area contributed by atoms with Crippen LogP contribution in [0, 0.1) is 0 Å². The van der Waals surface area contributed by atoms with E-state index in [-0.39, 0.29) is 17.9 Å². The van der Waals surface area contributed by atoms with Crippen molar-refractivity contribution in [2.45, 2.75) is 32.5 Å². The van der Waals surface area contributed by atoms with Crippen LogP contribution < -0.4 is 16.0 Å². The van der Waals surface area contributed by atoms with Gasteiger partial charge in [-0.1, -0.05) is 18.2 Å². The van der Waals surface area contributed by atoms with Crippen molar-refractivity contribution < 1.29 is 32.3 Å². The van der Waals surface area contributed by atoms with Gasteiger partial charge in [-0.25, -0.2) is 4.79 Å². The van der Waals surface area contributed by atoms with Gasteiger partial charge in [-0.05, 0) is 51.1 Å². The number of carbonyl (C=O) groups excluding carboxylic acids is 3. The molecule has 0 atom stereocenters. The van der Waals surface area contributed by atoms with Crippen molar-refractivity contribution in [2.24, 2.45) is 0 Å². The third-order valence-electron chi connectivity index (χ3n) is 3.67. The van der Waals surface area contributed by atoms with Crippen LogP contribution >= 0.6 is 0 Å². The van der Waals surface area contributed by atoms with Gasteiger partial charge in [-0.3, -0.25) is 9.59 Å². The number of ether oxygens (including phenoxy) is 1. The number of nitrogens with one attached hydrogen (secondary N) is 3. The highest BCUT2D eigenvalue weighted by Crippen LogP contribution is 2.32. The van der Waals surface area contributed by atoms with E-state index < -0.39 is 40.8 Å². The summed E-state index contributed by atoms with van der Waals surface area (Å²) in [5.41, 5.74) is -1.83. The molecule has 7 nitrogen and oxygen atoms in total. The lowest BCUT2D eigenvalue weighted by Gasteiger charge is -2.19. The van der Waals surface area contributed by atoms with E-state index in [4.69, 9.17) is 4.74 Å². The lowest BCUT2D eigenvalue weighted by molar-refractivity contribution is -0.137. The molecule has 2 rings (SSSR count). The Labute approximate surface area is 177 Å². The van der Waals surface area contributed by atoms with E-state index in [1.807, 2.05) is 0 Å². The molecule has 0 aliphatic carbocycles. The molecule has 0 saturated heterocycles. The summed E-state index contributed by atoms with van der Waals surface area (Å²) in [5.74, 6) is -1.50. The van der Waals surface area contributed by atoms with Gasteiger partial charge in [0.15, 0.2) is 0 Å². The second kappa shape index (κ2) is 9.50. The average molecular weight is 437 g/mol. The molecule has 0 spiro atoms. The molecule has 10 heteroatoms. The van der Waals surface area contributed by atoms with E-state index in [2.05, 4.69) is 16.0 Å². The maximum atomic E-state index is 13.1. The van der Waals surface area contributed by atoms with Gasteiger partial charge in [-0.15, -0.1) is 0 Å². The first kappa shape index (κ1) is 23.7.